The normalized spacial score (nSPS) is 18.9. The van der Waals surface area contributed by atoms with Crippen LogP contribution in [0.15, 0.2) is 42.5 Å². The number of nitrogens with zero attached hydrogens (tertiary/aromatic N) is 1. The van der Waals surface area contributed by atoms with E-state index < -0.39 is 17.8 Å². The molecule has 0 saturated carbocycles. The first-order valence-corrected chi connectivity index (χ1v) is 10.5. The van der Waals surface area contributed by atoms with Crippen LogP contribution < -0.4 is 10.1 Å². The molecule has 30 heavy (non-hydrogen) atoms. The Hall–Kier alpha value is -2.89. The summed E-state index contributed by atoms with van der Waals surface area (Å²) in [6.07, 6.45) is 2.55. The minimum Gasteiger partial charge on any atom is -0.496 e. The highest BCUT2D eigenvalue weighted by molar-refractivity contribution is 5.95. The number of nitrogens with one attached hydrogen (secondary N) is 1. The molecule has 1 heterocycles. The van der Waals surface area contributed by atoms with Crippen molar-refractivity contribution in [3.8, 4) is 5.75 Å². The maximum atomic E-state index is 13.7. The van der Waals surface area contributed by atoms with E-state index in [2.05, 4.69) is 12.2 Å². The third-order valence-corrected chi connectivity index (χ3v) is 5.71. The first-order chi connectivity index (χ1) is 14.5. The molecule has 2 atom stereocenters. The molecule has 1 N–H and O–H groups in total. The number of para-hydroxylation sites is 1. The van der Waals surface area contributed by atoms with Crippen molar-refractivity contribution in [1.82, 2.24) is 4.90 Å². The van der Waals surface area contributed by atoms with E-state index in [4.69, 9.17) is 4.74 Å². The predicted octanol–water partition coefficient (Wildman–Crippen LogP) is 4.86. The number of anilines is 1. The first-order valence-electron chi connectivity index (χ1n) is 10.5. The Kier molecular flexibility index (Phi) is 7.08. The van der Waals surface area contributed by atoms with Crippen LogP contribution in [-0.2, 0) is 9.59 Å². The number of carbonyl (C=O) groups excluding carboxylic acids is 2. The highest BCUT2D eigenvalue weighted by Gasteiger charge is 2.41. The van der Waals surface area contributed by atoms with Crippen molar-refractivity contribution >= 4 is 17.5 Å². The van der Waals surface area contributed by atoms with Gasteiger partial charge in [-0.15, -0.1) is 0 Å². The van der Waals surface area contributed by atoms with E-state index in [1.54, 1.807) is 13.2 Å². The van der Waals surface area contributed by atoms with Gasteiger partial charge in [0.2, 0.25) is 11.8 Å². The minimum atomic E-state index is -0.460. The van der Waals surface area contributed by atoms with Crippen LogP contribution in [0.25, 0.3) is 0 Å². The van der Waals surface area contributed by atoms with Crippen LogP contribution in [0.5, 0.6) is 5.75 Å². The quantitative estimate of drug-likeness (QED) is 0.706. The molecule has 0 radical (unpaired) electrons. The molecular weight excluding hydrogens is 383 g/mol. The fourth-order valence-electron chi connectivity index (χ4n) is 4.07. The molecule has 0 unspecified atom stereocenters. The highest BCUT2D eigenvalue weighted by Crippen LogP contribution is 2.41. The summed E-state index contributed by atoms with van der Waals surface area (Å²) < 4.78 is 19.3. The summed E-state index contributed by atoms with van der Waals surface area (Å²) in [4.78, 5) is 28.0. The number of benzene rings is 2. The van der Waals surface area contributed by atoms with Crippen molar-refractivity contribution in [2.75, 3.05) is 19.0 Å². The van der Waals surface area contributed by atoms with Gasteiger partial charge >= 0.3 is 0 Å². The molecular formula is C24H29FN2O3. The van der Waals surface area contributed by atoms with E-state index >= 15 is 0 Å². The molecule has 2 aromatic carbocycles. The molecule has 1 aliphatic heterocycles. The molecule has 1 aliphatic rings. The van der Waals surface area contributed by atoms with Crippen LogP contribution in [-0.4, -0.2) is 30.4 Å². The van der Waals surface area contributed by atoms with E-state index in [1.807, 2.05) is 36.1 Å². The van der Waals surface area contributed by atoms with Crippen LogP contribution in [0.3, 0.4) is 0 Å². The van der Waals surface area contributed by atoms with Crippen molar-refractivity contribution < 1.29 is 18.7 Å². The Morgan fingerprint density at radius 3 is 2.77 bits per heavy atom. The van der Waals surface area contributed by atoms with Crippen LogP contribution in [0, 0.1) is 18.7 Å². The van der Waals surface area contributed by atoms with Gasteiger partial charge in [-0.1, -0.05) is 37.6 Å². The van der Waals surface area contributed by atoms with Gasteiger partial charge < -0.3 is 15.0 Å². The third kappa shape index (κ3) is 4.64. The Labute approximate surface area is 177 Å². The van der Waals surface area contributed by atoms with Crippen molar-refractivity contribution in [3.63, 3.8) is 0 Å². The predicted molar refractivity (Wildman–Crippen MR) is 115 cm³/mol. The number of hydrogen-bond donors (Lipinski definition) is 1. The van der Waals surface area contributed by atoms with Gasteiger partial charge in [-0.3, -0.25) is 9.59 Å². The molecule has 5 nitrogen and oxygen atoms in total. The van der Waals surface area contributed by atoms with E-state index in [1.165, 1.54) is 12.1 Å². The number of methoxy groups -OCH3 is 1. The summed E-state index contributed by atoms with van der Waals surface area (Å²) >= 11 is 0. The Morgan fingerprint density at radius 1 is 1.27 bits per heavy atom. The van der Waals surface area contributed by atoms with Crippen molar-refractivity contribution in [1.29, 1.82) is 0 Å². The van der Waals surface area contributed by atoms with Gasteiger partial charge in [0.1, 0.15) is 11.6 Å². The molecule has 1 saturated heterocycles. The Balaban J connectivity index is 1.98. The van der Waals surface area contributed by atoms with E-state index in [0.29, 0.717) is 30.8 Å². The summed E-state index contributed by atoms with van der Waals surface area (Å²) in [6.45, 7) is 4.48. The van der Waals surface area contributed by atoms with Gasteiger partial charge in [0.05, 0.1) is 19.1 Å². The average molecular weight is 413 g/mol. The molecule has 1 fully saturated rings. The van der Waals surface area contributed by atoms with Crippen molar-refractivity contribution in [2.24, 2.45) is 5.92 Å². The first kappa shape index (κ1) is 21.8. The third-order valence-electron chi connectivity index (χ3n) is 5.71. The van der Waals surface area contributed by atoms with Crippen LogP contribution in [0.4, 0.5) is 10.1 Å². The minimum absolute atomic E-state index is 0.0466. The maximum absolute atomic E-state index is 13.7. The van der Waals surface area contributed by atoms with Gasteiger partial charge in [-0.25, -0.2) is 4.39 Å². The zero-order valence-electron chi connectivity index (χ0n) is 17.8. The smallest absolute Gasteiger partial charge is 0.229 e. The lowest BCUT2D eigenvalue weighted by atomic mass is 9.83. The number of halogens is 1. The number of rotatable bonds is 7. The second-order valence-corrected chi connectivity index (χ2v) is 7.72. The van der Waals surface area contributed by atoms with E-state index in [0.717, 1.165) is 24.0 Å². The number of carbonyl (C=O) groups is 2. The standard InChI is InChI=1S/C24H29FN2O3/c1-4-5-14-27-22(28)13-12-19(23(27)18-8-6-7-9-21(18)30-3)24(29)26-20-15-17(25)11-10-16(20)2/h6-11,15,19,23H,4-5,12-14H2,1-3H3,(H,26,29)/t19-,23-/m1/s1. The summed E-state index contributed by atoms with van der Waals surface area (Å²) in [5, 5.41) is 2.89. The van der Waals surface area contributed by atoms with Gasteiger partial charge in [-0.05, 0) is 43.5 Å². The zero-order chi connectivity index (χ0) is 21.7. The SMILES string of the molecule is CCCCN1C(=O)CC[C@@H](C(=O)Nc2cc(F)ccc2C)[C@H]1c1ccccc1OC. The Bertz CT molecular complexity index is 915. The average Bonchev–Trinajstić information content (AvgIpc) is 2.75. The van der Waals surface area contributed by atoms with Crippen molar-refractivity contribution in [2.45, 2.75) is 45.6 Å². The van der Waals surface area contributed by atoms with Gasteiger partial charge in [0, 0.05) is 24.2 Å². The van der Waals surface area contributed by atoms with Crippen molar-refractivity contribution in [3.05, 3.63) is 59.4 Å². The van der Waals surface area contributed by atoms with Crippen LogP contribution >= 0.6 is 0 Å². The summed E-state index contributed by atoms with van der Waals surface area (Å²) in [5.74, 6) is -0.378. The number of likely N-dealkylation sites (tertiary alicyclic amines) is 1. The number of hydrogen-bond acceptors (Lipinski definition) is 3. The molecule has 0 bridgehead atoms. The summed E-state index contributed by atoms with van der Waals surface area (Å²) in [5.41, 5.74) is 2.06. The molecule has 0 spiro atoms. The number of piperidine rings is 1. The van der Waals surface area contributed by atoms with Crippen LogP contribution in [0.2, 0.25) is 0 Å². The van der Waals surface area contributed by atoms with E-state index in [9.17, 15) is 14.0 Å². The second kappa shape index (κ2) is 9.74. The number of amides is 2. The van der Waals surface area contributed by atoms with E-state index in [-0.39, 0.29) is 11.8 Å². The fraction of sp³-hybridized carbons (Fsp3) is 0.417. The monoisotopic (exact) mass is 412 g/mol. The lowest BCUT2D eigenvalue weighted by Crippen LogP contribution is -2.47. The number of unbranched alkanes of at least 4 members (excludes halogenated alkanes) is 1. The molecule has 160 valence electrons. The highest BCUT2D eigenvalue weighted by atomic mass is 19.1. The second-order valence-electron chi connectivity index (χ2n) is 7.72. The lowest BCUT2D eigenvalue weighted by Gasteiger charge is -2.41. The largest absolute Gasteiger partial charge is 0.496 e. The maximum Gasteiger partial charge on any atom is 0.229 e. The summed E-state index contributed by atoms with van der Waals surface area (Å²) in [7, 11) is 1.59. The lowest BCUT2D eigenvalue weighted by molar-refractivity contribution is -0.142. The zero-order valence-corrected chi connectivity index (χ0v) is 17.8. The Morgan fingerprint density at radius 2 is 2.03 bits per heavy atom. The van der Waals surface area contributed by atoms with Crippen LogP contribution in [0.1, 0.15) is 49.8 Å². The van der Waals surface area contributed by atoms with Gasteiger partial charge in [-0.2, -0.15) is 0 Å². The molecule has 2 amide bonds. The molecule has 3 rings (SSSR count). The molecule has 0 aromatic heterocycles. The summed E-state index contributed by atoms with van der Waals surface area (Å²) in [6, 6.07) is 11.4. The fourth-order valence-corrected chi connectivity index (χ4v) is 4.07. The number of aryl methyl sites for hydroxylation is 1. The topological polar surface area (TPSA) is 58.6 Å². The molecule has 0 aliphatic carbocycles. The van der Waals surface area contributed by atoms with Gasteiger partial charge in [0.25, 0.3) is 0 Å². The molecule has 6 heteroatoms. The number of ether oxygens (including phenoxy) is 1. The molecule has 2 aromatic rings. The van der Waals surface area contributed by atoms with Gasteiger partial charge in [0.15, 0.2) is 0 Å².